The van der Waals surface area contributed by atoms with Crippen molar-refractivity contribution in [1.29, 1.82) is 0 Å². The van der Waals surface area contributed by atoms with Gasteiger partial charge in [-0.2, -0.15) is 5.10 Å². The van der Waals surface area contributed by atoms with Crippen LogP contribution in [0.2, 0.25) is 0 Å². The van der Waals surface area contributed by atoms with Gasteiger partial charge in [-0.15, -0.1) is 21.5 Å². The average molecular weight is 457 g/mol. The predicted octanol–water partition coefficient (Wildman–Crippen LogP) is 5.06. The Labute approximate surface area is 196 Å². The van der Waals surface area contributed by atoms with Gasteiger partial charge in [0, 0.05) is 61.2 Å². The predicted molar refractivity (Wildman–Crippen MR) is 129 cm³/mol. The first-order valence-corrected chi connectivity index (χ1v) is 12.0. The number of aryl methyl sites for hydroxylation is 1. The Hall–Kier alpha value is -3.52. The van der Waals surface area contributed by atoms with Crippen LogP contribution in [0, 0.1) is 6.92 Å². The van der Waals surface area contributed by atoms with Crippen LogP contribution in [0.3, 0.4) is 0 Å². The SMILES string of the molecule is Cc1nnc(-c2ccc3c(c2)CN(c2ncc(CC4=CC=C(n5cccn5)CC4)s2)CC3)o1. The Morgan fingerprint density at radius 1 is 1.09 bits per heavy atom. The molecule has 166 valence electrons. The van der Waals surface area contributed by atoms with Crippen LogP contribution in [0.5, 0.6) is 0 Å². The number of hydrogen-bond acceptors (Lipinski definition) is 7. The minimum absolute atomic E-state index is 0.578. The molecule has 2 aliphatic rings. The molecule has 7 nitrogen and oxygen atoms in total. The van der Waals surface area contributed by atoms with E-state index in [9.17, 15) is 0 Å². The number of benzene rings is 1. The van der Waals surface area contributed by atoms with Gasteiger partial charge in [0.25, 0.3) is 0 Å². The first-order chi connectivity index (χ1) is 16.2. The first-order valence-electron chi connectivity index (χ1n) is 11.2. The molecule has 1 aromatic carbocycles. The molecule has 0 N–H and O–H groups in total. The number of hydrogen-bond donors (Lipinski definition) is 0. The Morgan fingerprint density at radius 3 is 2.85 bits per heavy atom. The van der Waals surface area contributed by atoms with Gasteiger partial charge in [-0.1, -0.05) is 17.7 Å². The molecule has 33 heavy (non-hydrogen) atoms. The molecule has 0 saturated heterocycles. The van der Waals surface area contributed by atoms with E-state index in [1.54, 1.807) is 11.3 Å². The van der Waals surface area contributed by atoms with Crippen LogP contribution in [-0.4, -0.2) is 31.5 Å². The lowest BCUT2D eigenvalue weighted by Gasteiger charge is -2.28. The maximum atomic E-state index is 5.61. The largest absolute Gasteiger partial charge is 0.421 e. The van der Waals surface area contributed by atoms with Gasteiger partial charge in [0.2, 0.25) is 11.8 Å². The summed E-state index contributed by atoms with van der Waals surface area (Å²) >= 11 is 1.81. The van der Waals surface area contributed by atoms with Crippen LogP contribution >= 0.6 is 11.3 Å². The van der Waals surface area contributed by atoms with Gasteiger partial charge in [0.1, 0.15) is 0 Å². The topological polar surface area (TPSA) is 72.9 Å². The zero-order valence-electron chi connectivity index (χ0n) is 18.4. The number of rotatable bonds is 5. The van der Waals surface area contributed by atoms with Crippen LogP contribution in [0.4, 0.5) is 5.13 Å². The molecular formula is C25H24N6OS. The highest BCUT2D eigenvalue weighted by atomic mass is 32.1. The van der Waals surface area contributed by atoms with E-state index in [0.717, 1.165) is 49.5 Å². The molecular weight excluding hydrogens is 432 g/mol. The van der Waals surface area contributed by atoms with Crippen LogP contribution in [0.15, 0.2) is 65.0 Å². The highest BCUT2D eigenvalue weighted by molar-refractivity contribution is 7.15. The van der Waals surface area contributed by atoms with E-state index in [-0.39, 0.29) is 0 Å². The molecule has 0 fully saturated rings. The molecule has 0 unspecified atom stereocenters. The summed E-state index contributed by atoms with van der Waals surface area (Å²) in [5, 5.41) is 13.6. The van der Waals surface area contributed by atoms with Crippen molar-refractivity contribution < 1.29 is 4.42 Å². The summed E-state index contributed by atoms with van der Waals surface area (Å²) in [7, 11) is 0. The second kappa shape index (κ2) is 8.44. The lowest BCUT2D eigenvalue weighted by atomic mass is 9.97. The molecule has 8 heteroatoms. The van der Waals surface area contributed by atoms with Gasteiger partial charge in [-0.25, -0.2) is 9.67 Å². The lowest BCUT2D eigenvalue weighted by molar-refractivity contribution is 0.532. The summed E-state index contributed by atoms with van der Waals surface area (Å²) in [6, 6.07) is 8.41. The Balaban J connectivity index is 1.15. The van der Waals surface area contributed by atoms with E-state index in [1.165, 1.54) is 27.3 Å². The van der Waals surface area contributed by atoms with Gasteiger partial charge < -0.3 is 9.32 Å². The number of thiazole rings is 1. The monoisotopic (exact) mass is 456 g/mol. The number of anilines is 1. The van der Waals surface area contributed by atoms with Crippen LogP contribution in [0.25, 0.3) is 17.2 Å². The molecule has 0 bridgehead atoms. The van der Waals surface area contributed by atoms with E-state index in [2.05, 4.69) is 50.5 Å². The summed E-state index contributed by atoms with van der Waals surface area (Å²) < 4.78 is 7.57. The number of nitrogens with zero attached hydrogens (tertiary/aromatic N) is 6. The number of allylic oxidation sites excluding steroid dienone is 4. The fourth-order valence-electron chi connectivity index (χ4n) is 4.46. The van der Waals surface area contributed by atoms with Gasteiger partial charge in [-0.3, -0.25) is 0 Å². The molecule has 3 aromatic heterocycles. The molecule has 0 amide bonds. The zero-order chi connectivity index (χ0) is 22.2. The number of aromatic nitrogens is 5. The second-order valence-electron chi connectivity index (χ2n) is 8.50. The van der Waals surface area contributed by atoms with Crippen molar-refractivity contribution in [2.75, 3.05) is 11.4 Å². The first kappa shape index (κ1) is 20.1. The van der Waals surface area contributed by atoms with Crippen molar-refractivity contribution in [3.05, 3.63) is 82.5 Å². The second-order valence-corrected chi connectivity index (χ2v) is 9.59. The van der Waals surface area contributed by atoms with Crippen LogP contribution in [-0.2, 0) is 19.4 Å². The van der Waals surface area contributed by atoms with Crippen molar-refractivity contribution in [3.8, 4) is 11.5 Å². The van der Waals surface area contributed by atoms with E-state index in [4.69, 9.17) is 9.40 Å². The summed E-state index contributed by atoms with van der Waals surface area (Å²) in [4.78, 5) is 8.46. The fourth-order valence-corrected chi connectivity index (χ4v) is 5.45. The lowest BCUT2D eigenvalue weighted by Crippen LogP contribution is -2.30. The average Bonchev–Trinajstić information content (AvgIpc) is 3.61. The molecule has 0 saturated carbocycles. The fraction of sp³-hybridized carbons (Fsp3) is 0.280. The van der Waals surface area contributed by atoms with Gasteiger partial charge in [-0.05, 0) is 54.7 Å². The smallest absolute Gasteiger partial charge is 0.247 e. The van der Waals surface area contributed by atoms with Crippen molar-refractivity contribution in [2.24, 2.45) is 0 Å². The molecule has 4 heterocycles. The van der Waals surface area contributed by atoms with Crippen molar-refractivity contribution in [3.63, 3.8) is 0 Å². The third-order valence-electron chi connectivity index (χ3n) is 6.22. The van der Waals surface area contributed by atoms with Gasteiger partial charge >= 0.3 is 0 Å². The highest BCUT2D eigenvalue weighted by Crippen LogP contribution is 2.32. The summed E-state index contributed by atoms with van der Waals surface area (Å²) in [6.45, 7) is 3.65. The maximum absolute atomic E-state index is 5.61. The minimum atomic E-state index is 0.578. The van der Waals surface area contributed by atoms with Gasteiger partial charge in [0.05, 0.1) is 0 Å². The Kier molecular flexibility index (Phi) is 5.14. The van der Waals surface area contributed by atoms with Crippen LogP contribution < -0.4 is 4.90 Å². The highest BCUT2D eigenvalue weighted by Gasteiger charge is 2.21. The molecule has 0 spiro atoms. The van der Waals surface area contributed by atoms with Gasteiger partial charge in [0.15, 0.2) is 5.13 Å². The third-order valence-corrected chi connectivity index (χ3v) is 7.28. The molecule has 1 aliphatic carbocycles. The zero-order valence-corrected chi connectivity index (χ0v) is 19.3. The summed E-state index contributed by atoms with van der Waals surface area (Å²) in [5.74, 6) is 1.16. The van der Waals surface area contributed by atoms with Crippen molar-refractivity contribution in [1.82, 2.24) is 25.0 Å². The Morgan fingerprint density at radius 2 is 2.06 bits per heavy atom. The molecule has 4 aromatic rings. The molecule has 1 aliphatic heterocycles. The van der Waals surface area contributed by atoms with Crippen molar-refractivity contribution in [2.45, 2.75) is 39.2 Å². The van der Waals surface area contributed by atoms with Crippen LogP contribution in [0.1, 0.15) is 34.7 Å². The number of fused-ring (bicyclic) bond motifs is 1. The molecule has 6 rings (SSSR count). The quantitative estimate of drug-likeness (QED) is 0.418. The Bertz CT molecular complexity index is 1350. The normalized spacial score (nSPS) is 15.8. The van der Waals surface area contributed by atoms with E-state index in [0.29, 0.717) is 11.8 Å². The van der Waals surface area contributed by atoms with E-state index < -0.39 is 0 Å². The van der Waals surface area contributed by atoms with E-state index in [1.807, 2.05) is 36.3 Å². The minimum Gasteiger partial charge on any atom is -0.421 e. The molecule has 0 atom stereocenters. The maximum Gasteiger partial charge on any atom is 0.247 e. The third kappa shape index (κ3) is 4.14. The summed E-state index contributed by atoms with van der Waals surface area (Å²) in [6.07, 6.45) is 14.4. The summed E-state index contributed by atoms with van der Waals surface area (Å²) in [5.41, 5.74) is 6.36. The molecule has 0 radical (unpaired) electrons. The van der Waals surface area contributed by atoms with E-state index >= 15 is 0 Å². The van der Waals surface area contributed by atoms with Crippen molar-refractivity contribution >= 4 is 22.2 Å². The standard InChI is InChI=1S/C25H24N6OS/c1-17-28-29-24(32-17)20-6-5-19-9-12-30(16-21(19)14-20)25-26-15-23(33-25)13-18-3-7-22(8-4-18)31-11-2-10-27-31/h2-3,5-7,10-11,14-15H,4,8-9,12-13,16H2,1H3.